The minimum atomic E-state index is -0.401. The molecule has 1 rings (SSSR count). The van der Waals surface area contributed by atoms with Crippen LogP contribution in [0.5, 0.6) is 0 Å². The van der Waals surface area contributed by atoms with Crippen molar-refractivity contribution in [2.45, 2.75) is 26.3 Å². The lowest BCUT2D eigenvalue weighted by atomic mass is 9.93. The Bertz CT molecular complexity index is 388. The first-order chi connectivity index (χ1) is 7.41. The Morgan fingerprint density at radius 3 is 2.62 bits per heavy atom. The molecule has 0 saturated heterocycles. The zero-order valence-electron chi connectivity index (χ0n) is 9.63. The number of hydrogen-bond donors (Lipinski definition) is 1. The van der Waals surface area contributed by atoms with Crippen molar-refractivity contribution in [2.75, 3.05) is 0 Å². The van der Waals surface area contributed by atoms with Crippen LogP contribution in [0, 0.1) is 11.7 Å². The van der Waals surface area contributed by atoms with Crippen molar-refractivity contribution in [2.24, 2.45) is 11.7 Å². The number of rotatable bonds is 4. The predicted octanol–water partition coefficient (Wildman–Crippen LogP) is 3.56. The van der Waals surface area contributed by atoms with Crippen LogP contribution in [0.4, 0.5) is 4.39 Å². The van der Waals surface area contributed by atoms with E-state index in [-0.39, 0.29) is 11.1 Å². The van der Waals surface area contributed by atoms with E-state index >= 15 is 0 Å². The lowest BCUT2D eigenvalue weighted by Gasteiger charge is -2.18. The fourth-order valence-electron chi connectivity index (χ4n) is 1.48. The highest BCUT2D eigenvalue weighted by molar-refractivity contribution is 6.30. The Labute approximate surface area is 101 Å². The Morgan fingerprint density at radius 1 is 1.50 bits per heavy atom. The summed E-state index contributed by atoms with van der Waals surface area (Å²) in [4.78, 5) is 0. The van der Waals surface area contributed by atoms with Crippen LogP contribution in [0.1, 0.15) is 19.4 Å². The molecule has 0 heterocycles. The molecule has 0 spiro atoms. The molecule has 3 heteroatoms. The molecule has 0 aromatic heterocycles. The van der Waals surface area contributed by atoms with Gasteiger partial charge in [0.2, 0.25) is 0 Å². The summed E-state index contributed by atoms with van der Waals surface area (Å²) in [5, 5.41) is 0.139. The molecular weight excluding hydrogens is 225 g/mol. The van der Waals surface area contributed by atoms with Crippen LogP contribution in [0.2, 0.25) is 5.02 Å². The fraction of sp³-hybridized carbons (Fsp3) is 0.385. The first-order valence-electron chi connectivity index (χ1n) is 5.30. The van der Waals surface area contributed by atoms with Gasteiger partial charge in [0, 0.05) is 6.04 Å². The second kappa shape index (κ2) is 5.46. The zero-order valence-corrected chi connectivity index (χ0v) is 10.4. The topological polar surface area (TPSA) is 26.0 Å². The van der Waals surface area contributed by atoms with Gasteiger partial charge < -0.3 is 5.73 Å². The van der Waals surface area contributed by atoms with Crippen LogP contribution >= 0.6 is 11.6 Å². The van der Waals surface area contributed by atoms with E-state index in [9.17, 15) is 4.39 Å². The molecule has 0 bridgehead atoms. The van der Waals surface area contributed by atoms with Crippen molar-refractivity contribution < 1.29 is 4.39 Å². The second-order valence-corrected chi connectivity index (χ2v) is 4.70. The van der Waals surface area contributed by atoms with Gasteiger partial charge in [-0.15, -0.1) is 0 Å². The van der Waals surface area contributed by atoms with Crippen LogP contribution in [0.25, 0.3) is 0 Å². The Balaban J connectivity index is 2.73. The van der Waals surface area contributed by atoms with Crippen LogP contribution in [0.15, 0.2) is 30.4 Å². The van der Waals surface area contributed by atoms with E-state index in [4.69, 9.17) is 17.3 Å². The first kappa shape index (κ1) is 13.2. The van der Waals surface area contributed by atoms with Crippen LogP contribution in [-0.2, 0) is 6.42 Å². The minimum absolute atomic E-state index is 0.138. The molecule has 0 aliphatic heterocycles. The van der Waals surface area contributed by atoms with Crippen LogP contribution in [-0.4, -0.2) is 6.04 Å². The summed E-state index contributed by atoms with van der Waals surface area (Å²) >= 11 is 5.61. The zero-order chi connectivity index (χ0) is 12.3. The molecule has 0 aliphatic rings. The third kappa shape index (κ3) is 3.32. The lowest BCUT2D eigenvalue weighted by molar-refractivity contribution is 0.617. The van der Waals surface area contributed by atoms with Crippen LogP contribution in [0.3, 0.4) is 0 Å². The Morgan fingerprint density at radius 2 is 2.12 bits per heavy atom. The molecule has 0 amide bonds. The molecule has 0 unspecified atom stereocenters. The van der Waals surface area contributed by atoms with E-state index in [1.54, 1.807) is 12.1 Å². The van der Waals surface area contributed by atoms with Gasteiger partial charge in [-0.05, 0) is 30.0 Å². The van der Waals surface area contributed by atoms with E-state index in [2.05, 4.69) is 6.58 Å². The maximum absolute atomic E-state index is 13.2. The highest BCUT2D eigenvalue weighted by Gasteiger charge is 2.12. The SMILES string of the molecule is C=C(C(C)C)[C@H](N)Cc1ccc(Cl)c(F)c1. The molecule has 0 fully saturated rings. The summed E-state index contributed by atoms with van der Waals surface area (Å²) < 4.78 is 13.2. The summed E-state index contributed by atoms with van der Waals surface area (Å²) in [6, 6.07) is 4.63. The largest absolute Gasteiger partial charge is 0.324 e. The monoisotopic (exact) mass is 241 g/mol. The van der Waals surface area contributed by atoms with Crippen molar-refractivity contribution in [3.05, 3.63) is 46.8 Å². The first-order valence-corrected chi connectivity index (χ1v) is 5.67. The summed E-state index contributed by atoms with van der Waals surface area (Å²) in [5.41, 5.74) is 7.81. The van der Waals surface area contributed by atoms with Crippen molar-refractivity contribution >= 4 is 11.6 Å². The number of benzene rings is 1. The van der Waals surface area contributed by atoms with Gasteiger partial charge in [0.1, 0.15) is 5.82 Å². The molecule has 2 N–H and O–H groups in total. The van der Waals surface area contributed by atoms with E-state index < -0.39 is 5.82 Å². The molecule has 1 nitrogen and oxygen atoms in total. The van der Waals surface area contributed by atoms with E-state index in [1.165, 1.54) is 6.07 Å². The molecule has 0 radical (unpaired) electrons. The molecule has 1 aromatic rings. The third-order valence-corrected chi connectivity index (χ3v) is 2.96. The minimum Gasteiger partial charge on any atom is -0.324 e. The van der Waals surface area contributed by atoms with Gasteiger partial charge in [0.05, 0.1) is 5.02 Å². The van der Waals surface area contributed by atoms with Crippen molar-refractivity contribution in [3.63, 3.8) is 0 Å². The van der Waals surface area contributed by atoms with Gasteiger partial charge in [-0.1, -0.05) is 43.7 Å². The number of hydrogen-bond acceptors (Lipinski definition) is 1. The third-order valence-electron chi connectivity index (χ3n) is 2.66. The van der Waals surface area contributed by atoms with Gasteiger partial charge in [0.25, 0.3) is 0 Å². The lowest BCUT2D eigenvalue weighted by Crippen LogP contribution is -2.27. The van der Waals surface area contributed by atoms with E-state index in [0.29, 0.717) is 12.3 Å². The van der Waals surface area contributed by atoms with E-state index in [0.717, 1.165) is 11.1 Å². The maximum atomic E-state index is 13.2. The average Bonchev–Trinajstić information content (AvgIpc) is 2.22. The number of nitrogens with two attached hydrogens (primary N) is 1. The molecule has 88 valence electrons. The van der Waals surface area contributed by atoms with E-state index in [1.807, 2.05) is 13.8 Å². The van der Waals surface area contributed by atoms with Crippen molar-refractivity contribution in [3.8, 4) is 0 Å². The van der Waals surface area contributed by atoms with Crippen LogP contribution < -0.4 is 5.73 Å². The standard InChI is InChI=1S/C13H17ClFN/c1-8(2)9(3)13(16)7-10-4-5-11(14)12(15)6-10/h4-6,8,13H,3,7,16H2,1-2H3/t13-/m1/s1. The van der Waals surface area contributed by atoms with Gasteiger partial charge in [-0.3, -0.25) is 0 Å². The molecule has 16 heavy (non-hydrogen) atoms. The van der Waals surface area contributed by atoms with Gasteiger partial charge in [-0.2, -0.15) is 0 Å². The Kier molecular flexibility index (Phi) is 4.51. The van der Waals surface area contributed by atoms with Gasteiger partial charge in [-0.25, -0.2) is 4.39 Å². The number of halogens is 2. The quantitative estimate of drug-likeness (QED) is 0.802. The summed E-state index contributed by atoms with van der Waals surface area (Å²) in [7, 11) is 0. The fourth-order valence-corrected chi connectivity index (χ4v) is 1.60. The molecule has 0 aliphatic carbocycles. The Hall–Kier alpha value is -0.860. The second-order valence-electron chi connectivity index (χ2n) is 4.29. The molecule has 0 saturated carbocycles. The smallest absolute Gasteiger partial charge is 0.142 e. The maximum Gasteiger partial charge on any atom is 0.142 e. The predicted molar refractivity (Wildman–Crippen MR) is 67.1 cm³/mol. The van der Waals surface area contributed by atoms with Gasteiger partial charge >= 0.3 is 0 Å². The summed E-state index contributed by atoms with van der Waals surface area (Å²) in [6.07, 6.45) is 0.588. The summed E-state index contributed by atoms with van der Waals surface area (Å²) in [6.45, 7) is 8.04. The normalized spacial score (nSPS) is 12.9. The molecular formula is C13H17ClFN. The molecule has 1 atom stereocenters. The van der Waals surface area contributed by atoms with Gasteiger partial charge in [0.15, 0.2) is 0 Å². The average molecular weight is 242 g/mol. The van der Waals surface area contributed by atoms with Crippen molar-refractivity contribution in [1.29, 1.82) is 0 Å². The summed E-state index contributed by atoms with van der Waals surface area (Å²) in [5.74, 6) is -0.0614. The van der Waals surface area contributed by atoms with Crippen molar-refractivity contribution in [1.82, 2.24) is 0 Å². The highest BCUT2D eigenvalue weighted by Crippen LogP contribution is 2.19. The highest BCUT2D eigenvalue weighted by atomic mass is 35.5. The molecule has 1 aromatic carbocycles.